The second-order valence-corrected chi connectivity index (χ2v) is 4.07. The number of hydrogen-bond acceptors (Lipinski definition) is 1. The number of hydrogen-bond donors (Lipinski definition) is 0. The van der Waals surface area contributed by atoms with Gasteiger partial charge in [0, 0.05) is 12.0 Å². The highest BCUT2D eigenvalue weighted by Gasteiger charge is 2.23. The molecular weight excluding hydrogens is 172 g/mol. The van der Waals surface area contributed by atoms with Gasteiger partial charge in [-0.3, -0.25) is 4.79 Å². The second-order valence-electron chi connectivity index (χ2n) is 4.07. The van der Waals surface area contributed by atoms with Crippen LogP contribution in [0.1, 0.15) is 54.4 Å². The van der Waals surface area contributed by atoms with Crippen LogP contribution in [0.5, 0.6) is 0 Å². The van der Waals surface area contributed by atoms with Crippen LogP contribution in [0.4, 0.5) is 0 Å². The van der Waals surface area contributed by atoms with Crippen LogP contribution in [0.2, 0.25) is 0 Å². The number of rotatable bonds is 4. The second kappa shape index (κ2) is 3.95. The molecule has 0 aliphatic heterocycles. The molecule has 0 bridgehead atoms. The number of carbonyl (C=O) groups is 1. The molecule has 1 fully saturated rings. The van der Waals surface area contributed by atoms with Crippen LogP contribution in [0, 0.1) is 0 Å². The van der Waals surface area contributed by atoms with Crippen molar-refractivity contribution in [2.45, 2.75) is 38.5 Å². The summed E-state index contributed by atoms with van der Waals surface area (Å²) in [7, 11) is 0. The quantitative estimate of drug-likeness (QED) is 0.660. The minimum atomic E-state index is 0.273. The highest BCUT2D eigenvalue weighted by molar-refractivity contribution is 5.96. The molecular formula is C13H16O. The van der Waals surface area contributed by atoms with Gasteiger partial charge in [-0.1, -0.05) is 31.2 Å². The van der Waals surface area contributed by atoms with E-state index in [1.807, 2.05) is 19.1 Å². The van der Waals surface area contributed by atoms with Crippen LogP contribution in [-0.4, -0.2) is 5.78 Å². The summed E-state index contributed by atoms with van der Waals surface area (Å²) in [6, 6.07) is 8.18. The molecule has 1 saturated carbocycles. The van der Waals surface area contributed by atoms with Gasteiger partial charge in [0.15, 0.2) is 5.78 Å². The topological polar surface area (TPSA) is 17.1 Å². The van der Waals surface area contributed by atoms with Crippen molar-refractivity contribution in [1.82, 2.24) is 0 Å². The molecule has 0 heterocycles. The molecule has 2 rings (SSSR count). The Kier molecular flexibility index (Phi) is 2.67. The summed E-state index contributed by atoms with van der Waals surface area (Å²) in [6.07, 6.45) is 4.25. The van der Waals surface area contributed by atoms with Gasteiger partial charge < -0.3 is 0 Å². The fourth-order valence-corrected chi connectivity index (χ4v) is 1.73. The first-order valence-corrected chi connectivity index (χ1v) is 5.44. The van der Waals surface area contributed by atoms with Gasteiger partial charge in [0.1, 0.15) is 0 Å². The Balaban J connectivity index is 2.08. The van der Waals surface area contributed by atoms with E-state index < -0.39 is 0 Å². The summed E-state index contributed by atoms with van der Waals surface area (Å²) in [5.41, 5.74) is 2.27. The van der Waals surface area contributed by atoms with Crippen molar-refractivity contribution < 1.29 is 4.79 Å². The van der Waals surface area contributed by atoms with Gasteiger partial charge in [0.25, 0.3) is 0 Å². The fraction of sp³-hybridized carbons (Fsp3) is 0.462. The van der Waals surface area contributed by atoms with E-state index in [-0.39, 0.29) is 5.78 Å². The molecule has 1 heteroatoms. The van der Waals surface area contributed by atoms with E-state index in [2.05, 4.69) is 12.1 Å². The summed E-state index contributed by atoms with van der Waals surface area (Å²) >= 11 is 0. The maximum absolute atomic E-state index is 11.5. The SMILES string of the molecule is CCCC(=O)c1ccc(C2CC2)cc1. The Morgan fingerprint density at radius 1 is 1.29 bits per heavy atom. The minimum absolute atomic E-state index is 0.273. The molecule has 0 saturated heterocycles. The first-order valence-electron chi connectivity index (χ1n) is 5.44. The lowest BCUT2D eigenvalue weighted by Crippen LogP contribution is -1.97. The largest absolute Gasteiger partial charge is 0.294 e. The Bertz CT molecular complexity index is 320. The first kappa shape index (κ1) is 9.45. The Labute approximate surface area is 85.1 Å². The number of carbonyl (C=O) groups excluding carboxylic acids is 1. The smallest absolute Gasteiger partial charge is 0.162 e. The Morgan fingerprint density at radius 2 is 1.93 bits per heavy atom. The average molecular weight is 188 g/mol. The van der Waals surface area contributed by atoms with Crippen LogP contribution < -0.4 is 0 Å². The maximum atomic E-state index is 11.5. The van der Waals surface area contributed by atoms with Gasteiger partial charge in [0.05, 0.1) is 0 Å². The highest BCUT2D eigenvalue weighted by atomic mass is 16.1. The summed E-state index contributed by atoms with van der Waals surface area (Å²) in [5, 5.41) is 0. The molecule has 0 aromatic heterocycles. The third kappa shape index (κ3) is 2.03. The molecule has 14 heavy (non-hydrogen) atoms. The van der Waals surface area contributed by atoms with Crippen molar-refractivity contribution in [2.75, 3.05) is 0 Å². The van der Waals surface area contributed by atoms with E-state index in [9.17, 15) is 4.79 Å². The first-order chi connectivity index (χ1) is 6.81. The molecule has 0 amide bonds. The molecule has 0 N–H and O–H groups in total. The van der Waals surface area contributed by atoms with Crippen LogP contribution in [-0.2, 0) is 0 Å². The number of benzene rings is 1. The van der Waals surface area contributed by atoms with E-state index in [1.54, 1.807) is 0 Å². The lowest BCUT2D eigenvalue weighted by molar-refractivity contribution is 0.0982. The van der Waals surface area contributed by atoms with E-state index in [0.717, 1.165) is 17.9 Å². The minimum Gasteiger partial charge on any atom is -0.294 e. The Morgan fingerprint density at radius 3 is 2.43 bits per heavy atom. The normalized spacial score (nSPS) is 15.5. The van der Waals surface area contributed by atoms with Crippen molar-refractivity contribution >= 4 is 5.78 Å². The monoisotopic (exact) mass is 188 g/mol. The zero-order valence-electron chi connectivity index (χ0n) is 8.62. The van der Waals surface area contributed by atoms with Gasteiger partial charge in [0.2, 0.25) is 0 Å². The van der Waals surface area contributed by atoms with Crippen molar-refractivity contribution in [3.63, 3.8) is 0 Å². The van der Waals surface area contributed by atoms with Gasteiger partial charge in [-0.05, 0) is 30.7 Å². The molecule has 74 valence electrons. The predicted octanol–water partition coefficient (Wildman–Crippen LogP) is 3.55. The lowest BCUT2D eigenvalue weighted by Gasteiger charge is -2.01. The Hall–Kier alpha value is -1.11. The van der Waals surface area contributed by atoms with Crippen molar-refractivity contribution in [1.29, 1.82) is 0 Å². The van der Waals surface area contributed by atoms with Crippen LogP contribution in [0.15, 0.2) is 24.3 Å². The third-order valence-corrected chi connectivity index (χ3v) is 2.76. The van der Waals surface area contributed by atoms with E-state index in [0.29, 0.717) is 6.42 Å². The molecule has 0 atom stereocenters. The van der Waals surface area contributed by atoms with Gasteiger partial charge in [-0.15, -0.1) is 0 Å². The summed E-state index contributed by atoms with van der Waals surface area (Å²) < 4.78 is 0. The fourth-order valence-electron chi connectivity index (χ4n) is 1.73. The third-order valence-electron chi connectivity index (χ3n) is 2.76. The molecule has 1 nitrogen and oxygen atoms in total. The molecule has 0 spiro atoms. The van der Waals surface area contributed by atoms with Crippen LogP contribution in [0.3, 0.4) is 0 Å². The van der Waals surface area contributed by atoms with Crippen molar-refractivity contribution in [3.05, 3.63) is 35.4 Å². The number of Topliss-reactive ketones (excluding diaryl/α,β-unsaturated/α-hetero) is 1. The maximum Gasteiger partial charge on any atom is 0.162 e. The van der Waals surface area contributed by atoms with Gasteiger partial charge in [-0.2, -0.15) is 0 Å². The molecule has 1 aromatic carbocycles. The highest BCUT2D eigenvalue weighted by Crippen LogP contribution is 2.39. The summed E-state index contributed by atoms with van der Waals surface area (Å²) in [5.74, 6) is 1.06. The summed E-state index contributed by atoms with van der Waals surface area (Å²) in [4.78, 5) is 11.5. The standard InChI is InChI=1S/C13H16O/c1-2-3-13(14)12-8-6-11(7-9-12)10-4-5-10/h6-10H,2-5H2,1H3. The van der Waals surface area contributed by atoms with E-state index >= 15 is 0 Å². The zero-order valence-corrected chi connectivity index (χ0v) is 8.62. The molecule has 1 aliphatic rings. The number of ketones is 1. The lowest BCUT2D eigenvalue weighted by atomic mass is 10.0. The molecule has 1 aliphatic carbocycles. The van der Waals surface area contributed by atoms with Gasteiger partial charge in [-0.25, -0.2) is 0 Å². The average Bonchev–Trinajstić information content (AvgIpc) is 3.02. The van der Waals surface area contributed by atoms with E-state index in [1.165, 1.54) is 18.4 Å². The molecule has 0 unspecified atom stereocenters. The predicted molar refractivity (Wildman–Crippen MR) is 57.7 cm³/mol. The molecule has 0 radical (unpaired) electrons. The van der Waals surface area contributed by atoms with Crippen molar-refractivity contribution in [2.24, 2.45) is 0 Å². The van der Waals surface area contributed by atoms with Crippen LogP contribution in [0.25, 0.3) is 0 Å². The summed E-state index contributed by atoms with van der Waals surface area (Å²) in [6.45, 7) is 2.04. The van der Waals surface area contributed by atoms with Crippen LogP contribution >= 0.6 is 0 Å². The van der Waals surface area contributed by atoms with Crippen molar-refractivity contribution in [3.8, 4) is 0 Å². The zero-order chi connectivity index (χ0) is 9.97. The van der Waals surface area contributed by atoms with E-state index in [4.69, 9.17) is 0 Å². The molecule has 1 aromatic rings. The van der Waals surface area contributed by atoms with Gasteiger partial charge >= 0.3 is 0 Å².